The summed E-state index contributed by atoms with van der Waals surface area (Å²) in [4.78, 5) is 25.3. The van der Waals surface area contributed by atoms with Crippen molar-refractivity contribution in [1.82, 2.24) is 15.0 Å². The molecule has 3 rings (SSSR count). The summed E-state index contributed by atoms with van der Waals surface area (Å²) >= 11 is 1.04. The lowest BCUT2D eigenvalue weighted by molar-refractivity contribution is 0.0964. The van der Waals surface area contributed by atoms with Crippen LogP contribution in [0.1, 0.15) is 35.4 Å². The van der Waals surface area contributed by atoms with Crippen LogP contribution in [0.5, 0.6) is 5.75 Å². The lowest BCUT2D eigenvalue weighted by atomic mass is 9.98. The minimum Gasteiger partial charge on any atom is -0.495 e. The summed E-state index contributed by atoms with van der Waals surface area (Å²) in [6, 6.07) is 1.72. The van der Waals surface area contributed by atoms with Gasteiger partial charge in [-0.2, -0.15) is 0 Å². The Morgan fingerprint density at radius 2 is 2.04 bits per heavy atom. The lowest BCUT2D eigenvalue weighted by Crippen LogP contribution is -2.40. The van der Waals surface area contributed by atoms with E-state index in [1.54, 1.807) is 32.3 Å². The number of aromatic nitrogens is 3. The number of hydrogen-bond acceptors (Lipinski definition) is 9. The molecule has 3 aromatic rings. The highest BCUT2D eigenvalue weighted by atomic mass is 32.1. The van der Waals surface area contributed by atoms with Gasteiger partial charge in [0.1, 0.15) is 21.6 Å². The van der Waals surface area contributed by atoms with E-state index in [0.29, 0.717) is 27.2 Å². The van der Waals surface area contributed by atoms with Gasteiger partial charge in [-0.3, -0.25) is 9.78 Å². The first-order valence-corrected chi connectivity index (χ1v) is 8.81. The third kappa shape index (κ3) is 3.42. The number of rotatable bonds is 5. The number of fused-ring (bicyclic) bond motifs is 1. The molecule has 3 aromatic heterocycles. The molecule has 0 bridgehead atoms. The number of amides is 1. The second kappa shape index (κ2) is 6.72. The van der Waals surface area contributed by atoms with Crippen molar-refractivity contribution in [2.24, 2.45) is 11.5 Å². The van der Waals surface area contributed by atoms with Gasteiger partial charge in [-0.05, 0) is 19.9 Å². The number of pyridine rings is 1. The number of anilines is 1. The van der Waals surface area contributed by atoms with Crippen molar-refractivity contribution in [3.05, 3.63) is 29.2 Å². The highest BCUT2D eigenvalue weighted by Gasteiger charge is 2.30. The molecular formula is C17H20N6O3S. The molecule has 0 aliphatic heterocycles. The van der Waals surface area contributed by atoms with Crippen molar-refractivity contribution in [3.8, 4) is 17.0 Å². The minimum atomic E-state index is -1.14. The third-order valence-electron chi connectivity index (χ3n) is 4.00. The molecule has 27 heavy (non-hydrogen) atoms. The van der Waals surface area contributed by atoms with E-state index < -0.39 is 17.6 Å². The van der Waals surface area contributed by atoms with Crippen molar-refractivity contribution >= 4 is 33.1 Å². The number of thiophene rings is 1. The fourth-order valence-electron chi connectivity index (χ4n) is 2.55. The SMILES string of the molecule is COc1cncc(-c2nc(C(O)C(C)(C)N)nc3sc(C(N)=O)c(N)c23)c1. The fraction of sp³-hybridized carbons (Fsp3) is 0.294. The van der Waals surface area contributed by atoms with Gasteiger partial charge >= 0.3 is 0 Å². The van der Waals surface area contributed by atoms with Gasteiger partial charge in [0.25, 0.3) is 5.91 Å². The van der Waals surface area contributed by atoms with E-state index in [9.17, 15) is 9.90 Å². The number of carbonyl (C=O) groups is 1. The summed E-state index contributed by atoms with van der Waals surface area (Å²) in [6.07, 6.45) is 1.99. The van der Waals surface area contributed by atoms with E-state index >= 15 is 0 Å². The topological polar surface area (TPSA) is 163 Å². The van der Waals surface area contributed by atoms with Crippen molar-refractivity contribution in [2.45, 2.75) is 25.5 Å². The number of nitrogens with zero attached hydrogens (tertiary/aromatic N) is 3. The highest BCUT2D eigenvalue weighted by Crippen LogP contribution is 2.39. The van der Waals surface area contributed by atoms with Gasteiger partial charge in [0.15, 0.2) is 5.82 Å². The first-order valence-electron chi connectivity index (χ1n) is 7.99. The Kier molecular flexibility index (Phi) is 4.72. The van der Waals surface area contributed by atoms with Crippen LogP contribution in [0, 0.1) is 0 Å². The minimum absolute atomic E-state index is 0.116. The highest BCUT2D eigenvalue weighted by molar-refractivity contribution is 7.21. The summed E-state index contributed by atoms with van der Waals surface area (Å²) in [7, 11) is 1.52. The molecule has 9 nitrogen and oxygen atoms in total. The number of carbonyl (C=O) groups excluding carboxylic acids is 1. The number of hydrogen-bond donors (Lipinski definition) is 4. The number of aliphatic hydroxyl groups is 1. The van der Waals surface area contributed by atoms with Gasteiger partial charge in [0, 0.05) is 17.3 Å². The zero-order valence-corrected chi connectivity index (χ0v) is 15.9. The van der Waals surface area contributed by atoms with Gasteiger partial charge in [-0.15, -0.1) is 11.3 Å². The number of methoxy groups -OCH3 is 1. The molecule has 0 spiro atoms. The van der Waals surface area contributed by atoms with Crippen LogP contribution in [0.4, 0.5) is 5.69 Å². The maximum atomic E-state index is 11.7. The normalized spacial score (nSPS) is 12.9. The number of nitrogen functional groups attached to an aromatic ring is 1. The maximum Gasteiger partial charge on any atom is 0.260 e. The first kappa shape index (κ1) is 19.0. The summed E-state index contributed by atoms with van der Waals surface area (Å²) < 4.78 is 5.22. The van der Waals surface area contributed by atoms with E-state index in [0.717, 1.165) is 11.3 Å². The van der Waals surface area contributed by atoms with Crippen molar-refractivity contribution in [3.63, 3.8) is 0 Å². The molecule has 7 N–H and O–H groups in total. The van der Waals surface area contributed by atoms with Crippen LogP contribution < -0.4 is 21.9 Å². The molecule has 0 fully saturated rings. The zero-order valence-electron chi connectivity index (χ0n) is 15.1. The van der Waals surface area contributed by atoms with Crippen LogP contribution in [0.3, 0.4) is 0 Å². The van der Waals surface area contributed by atoms with E-state index in [1.165, 1.54) is 7.11 Å². The van der Waals surface area contributed by atoms with Crippen molar-refractivity contribution in [1.29, 1.82) is 0 Å². The summed E-state index contributed by atoms with van der Waals surface area (Å²) in [6.45, 7) is 3.32. The van der Waals surface area contributed by atoms with Crippen LogP contribution in [-0.4, -0.2) is 38.6 Å². The monoisotopic (exact) mass is 388 g/mol. The molecule has 1 atom stereocenters. The Balaban J connectivity index is 2.35. The van der Waals surface area contributed by atoms with Crippen LogP contribution in [0.2, 0.25) is 0 Å². The third-order valence-corrected chi connectivity index (χ3v) is 5.12. The quantitative estimate of drug-likeness (QED) is 0.506. The molecular weight excluding hydrogens is 368 g/mol. The van der Waals surface area contributed by atoms with Gasteiger partial charge < -0.3 is 27.0 Å². The Morgan fingerprint density at radius 1 is 1.33 bits per heavy atom. The second-order valence-corrected chi connectivity index (χ2v) is 7.66. The van der Waals surface area contributed by atoms with Crippen LogP contribution in [-0.2, 0) is 0 Å². The Morgan fingerprint density at radius 3 is 2.63 bits per heavy atom. The summed E-state index contributed by atoms with van der Waals surface area (Å²) in [5.41, 5.74) is 17.8. The van der Waals surface area contributed by atoms with Crippen molar-refractivity contribution in [2.75, 3.05) is 12.8 Å². The summed E-state index contributed by atoms with van der Waals surface area (Å²) in [5, 5.41) is 11.0. The van der Waals surface area contributed by atoms with Crippen LogP contribution in [0.15, 0.2) is 18.5 Å². The number of nitrogens with two attached hydrogens (primary N) is 3. The van der Waals surface area contributed by atoms with E-state index in [4.69, 9.17) is 21.9 Å². The number of primary amides is 1. The Labute approximate surface area is 159 Å². The molecule has 142 valence electrons. The molecule has 0 aliphatic rings. The summed E-state index contributed by atoms with van der Waals surface area (Å²) in [5.74, 6) is -0.0269. The van der Waals surface area contributed by atoms with Crippen LogP contribution in [0.25, 0.3) is 21.5 Å². The average Bonchev–Trinajstić information content (AvgIpc) is 2.96. The second-order valence-electron chi connectivity index (χ2n) is 6.66. The molecule has 0 saturated carbocycles. The van der Waals surface area contributed by atoms with Crippen LogP contribution >= 0.6 is 11.3 Å². The fourth-order valence-corrected chi connectivity index (χ4v) is 3.50. The predicted octanol–water partition coefficient (Wildman–Crippen LogP) is 1.21. The van der Waals surface area contributed by atoms with Gasteiger partial charge in [-0.25, -0.2) is 9.97 Å². The number of aliphatic hydroxyl groups excluding tert-OH is 1. The molecule has 10 heteroatoms. The molecule has 1 unspecified atom stereocenters. The lowest BCUT2D eigenvalue weighted by Gasteiger charge is -2.24. The van der Waals surface area contributed by atoms with Gasteiger partial charge in [-0.1, -0.05) is 0 Å². The number of ether oxygens (including phenoxy) is 1. The molecule has 1 amide bonds. The maximum absolute atomic E-state index is 11.7. The predicted molar refractivity (Wildman–Crippen MR) is 103 cm³/mol. The van der Waals surface area contributed by atoms with Gasteiger partial charge in [0.2, 0.25) is 0 Å². The largest absolute Gasteiger partial charge is 0.495 e. The standard InChI is InChI=1S/C17H20N6O3S/c1-17(2,20)13(24)15-22-11(7-4-8(26-3)6-21-5-7)9-10(18)12(14(19)25)27-16(9)23-15/h4-6,13,24H,18,20H2,1-3H3,(H2,19,25). The molecule has 0 radical (unpaired) electrons. The Bertz CT molecular complexity index is 1030. The molecule has 3 heterocycles. The van der Waals surface area contributed by atoms with E-state index in [1.807, 2.05) is 0 Å². The van der Waals surface area contributed by atoms with Crippen molar-refractivity contribution < 1.29 is 14.6 Å². The Hall–Kier alpha value is -2.82. The van der Waals surface area contributed by atoms with E-state index in [-0.39, 0.29) is 16.4 Å². The molecule has 0 saturated heterocycles. The molecule has 0 aliphatic carbocycles. The average molecular weight is 388 g/mol. The first-order chi connectivity index (χ1) is 12.6. The van der Waals surface area contributed by atoms with E-state index in [2.05, 4.69) is 15.0 Å². The zero-order chi connectivity index (χ0) is 19.9. The smallest absolute Gasteiger partial charge is 0.260 e. The molecule has 0 aromatic carbocycles. The van der Waals surface area contributed by atoms with Gasteiger partial charge in [0.05, 0.1) is 30.1 Å².